The van der Waals surface area contributed by atoms with Crippen LogP contribution in [-0.4, -0.2) is 21.8 Å². The minimum Gasteiger partial charge on any atom is -0.479 e. The first-order chi connectivity index (χ1) is 5.64. The molecule has 2 aliphatic rings. The second kappa shape index (κ2) is 2.46. The molecule has 2 rings (SSSR count). The van der Waals surface area contributed by atoms with E-state index in [1.165, 1.54) is 0 Å². The van der Waals surface area contributed by atoms with Crippen molar-refractivity contribution < 1.29 is 15.0 Å². The average molecular weight is 170 g/mol. The fourth-order valence-electron chi connectivity index (χ4n) is 2.87. The van der Waals surface area contributed by atoms with E-state index >= 15 is 0 Å². The van der Waals surface area contributed by atoms with E-state index in [9.17, 15) is 9.90 Å². The number of carboxylic acid groups (broad SMARTS) is 1. The average Bonchev–Trinajstić information content (AvgIpc) is 2.54. The normalized spacial score (nSPS) is 46.1. The molecular weight excluding hydrogens is 156 g/mol. The number of hydrogen-bond acceptors (Lipinski definition) is 2. The molecule has 3 heteroatoms. The number of hydrogen-bond donors (Lipinski definition) is 2. The summed E-state index contributed by atoms with van der Waals surface area (Å²) < 4.78 is 0. The van der Waals surface area contributed by atoms with Crippen molar-refractivity contribution >= 4 is 5.97 Å². The number of fused-ring (bicyclic) bond motifs is 1. The largest absolute Gasteiger partial charge is 0.479 e. The number of aliphatic carboxylic acids is 1. The Labute approximate surface area is 71.4 Å². The highest BCUT2D eigenvalue weighted by atomic mass is 16.4. The van der Waals surface area contributed by atoms with E-state index < -0.39 is 11.6 Å². The summed E-state index contributed by atoms with van der Waals surface area (Å²) in [6.45, 7) is 0. The SMILES string of the molecule is O=C(O)C1(O)CCC2CCCC21. The molecule has 0 bridgehead atoms. The molecule has 2 saturated carbocycles. The van der Waals surface area contributed by atoms with E-state index in [1.807, 2.05) is 0 Å². The van der Waals surface area contributed by atoms with Crippen LogP contribution in [0.5, 0.6) is 0 Å². The lowest BCUT2D eigenvalue weighted by molar-refractivity contribution is -0.162. The van der Waals surface area contributed by atoms with Gasteiger partial charge in [-0.1, -0.05) is 12.8 Å². The van der Waals surface area contributed by atoms with Gasteiger partial charge < -0.3 is 10.2 Å². The highest BCUT2D eigenvalue weighted by Crippen LogP contribution is 2.49. The molecular formula is C9H14O3. The van der Waals surface area contributed by atoms with Crippen molar-refractivity contribution in [3.8, 4) is 0 Å². The number of carbonyl (C=O) groups is 1. The molecule has 0 radical (unpaired) electrons. The van der Waals surface area contributed by atoms with Crippen molar-refractivity contribution in [3.63, 3.8) is 0 Å². The zero-order chi connectivity index (χ0) is 8.77. The van der Waals surface area contributed by atoms with Crippen molar-refractivity contribution in [1.82, 2.24) is 0 Å². The molecule has 0 spiro atoms. The Morgan fingerprint density at radius 3 is 2.75 bits per heavy atom. The van der Waals surface area contributed by atoms with Gasteiger partial charge in [-0.25, -0.2) is 4.79 Å². The van der Waals surface area contributed by atoms with Crippen LogP contribution in [0.1, 0.15) is 32.1 Å². The van der Waals surface area contributed by atoms with E-state index in [0.717, 1.165) is 25.7 Å². The summed E-state index contributed by atoms with van der Waals surface area (Å²) in [4.78, 5) is 10.8. The summed E-state index contributed by atoms with van der Waals surface area (Å²) in [6, 6.07) is 0. The molecule has 2 N–H and O–H groups in total. The van der Waals surface area contributed by atoms with Crippen LogP contribution in [0.2, 0.25) is 0 Å². The van der Waals surface area contributed by atoms with Gasteiger partial charge in [-0.05, 0) is 25.2 Å². The molecule has 12 heavy (non-hydrogen) atoms. The first-order valence-electron chi connectivity index (χ1n) is 4.60. The Balaban J connectivity index is 2.22. The van der Waals surface area contributed by atoms with Gasteiger partial charge in [0, 0.05) is 5.92 Å². The minimum atomic E-state index is -1.39. The lowest BCUT2D eigenvalue weighted by Crippen LogP contribution is -2.42. The summed E-state index contributed by atoms with van der Waals surface area (Å²) in [7, 11) is 0. The van der Waals surface area contributed by atoms with Crippen LogP contribution in [0.3, 0.4) is 0 Å². The molecule has 2 aliphatic carbocycles. The molecule has 0 aromatic carbocycles. The zero-order valence-electron chi connectivity index (χ0n) is 6.99. The maximum Gasteiger partial charge on any atom is 0.335 e. The van der Waals surface area contributed by atoms with Crippen LogP contribution < -0.4 is 0 Å². The molecule has 0 aliphatic heterocycles. The second-order valence-corrected chi connectivity index (χ2v) is 4.07. The minimum absolute atomic E-state index is 0.0370. The van der Waals surface area contributed by atoms with Gasteiger partial charge in [-0.2, -0.15) is 0 Å². The van der Waals surface area contributed by atoms with Gasteiger partial charge in [-0.3, -0.25) is 0 Å². The monoisotopic (exact) mass is 170 g/mol. The lowest BCUT2D eigenvalue weighted by Gasteiger charge is -2.24. The molecule has 0 amide bonds. The molecule has 3 unspecified atom stereocenters. The van der Waals surface area contributed by atoms with Gasteiger partial charge in [0.1, 0.15) is 0 Å². The van der Waals surface area contributed by atoms with Crippen molar-refractivity contribution in [2.75, 3.05) is 0 Å². The van der Waals surface area contributed by atoms with E-state index in [0.29, 0.717) is 12.3 Å². The highest BCUT2D eigenvalue weighted by Gasteiger charge is 2.53. The summed E-state index contributed by atoms with van der Waals surface area (Å²) in [5.41, 5.74) is -1.39. The third kappa shape index (κ3) is 0.891. The molecule has 0 aromatic heterocycles. The van der Waals surface area contributed by atoms with Gasteiger partial charge in [-0.15, -0.1) is 0 Å². The predicted molar refractivity (Wildman–Crippen MR) is 42.7 cm³/mol. The van der Waals surface area contributed by atoms with Crippen molar-refractivity contribution in [2.24, 2.45) is 11.8 Å². The Kier molecular flexibility index (Phi) is 1.65. The topological polar surface area (TPSA) is 57.5 Å². The lowest BCUT2D eigenvalue weighted by atomic mass is 9.88. The fourth-order valence-corrected chi connectivity index (χ4v) is 2.87. The zero-order valence-corrected chi connectivity index (χ0v) is 6.99. The van der Waals surface area contributed by atoms with Gasteiger partial charge in [0.05, 0.1) is 0 Å². The van der Waals surface area contributed by atoms with Crippen molar-refractivity contribution in [2.45, 2.75) is 37.7 Å². The van der Waals surface area contributed by atoms with Gasteiger partial charge >= 0.3 is 5.97 Å². The quantitative estimate of drug-likeness (QED) is 0.617. The Bertz CT molecular complexity index is 214. The molecule has 0 heterocycles. The van der Waals surface area contributed by atoms with Crippen LogP contribution in [0.15, 0.2) is 0 Å². The number of carboxylic acids is 1. The molecule has 0 saturated heterocycles. The van der Waals surface area contributed by atoms with E-state index in [1.54, 1.807) is 0 Å². The van der Waals surface area contributed by atoms with E-state index in [4.69, 9.17) is 5.11 Å². The van der Waals surface area contributed by atoms with E-state index in [-0.39, 0.29) is 5.92 Å². The summed E-state index contributed by atoms with van der Waals surface area (Å²) >= 11 is 0. The molecule has 3 nitrogen and oxygen atoms in total. The first kappa shape index (κ1) is 8.05. The first-order valence-corrected chi connectivity index (χ1v) is 4.60. The van der Waals surface area contributed by atoms with Crippen molar-refractivity contribution in [3.05, 3.63) is 0 Å². The maximum absolute atomic E-state index is 10.8. The van der Waals surface area contributed by atoms with Crippen molar-refractivity contribution in [1.29, 1.82) is 0 Å². The molecule has 0 aromatic rings. The second-order valence-electron chi connectivity index (χ2n) is 4.07. The number of aliphatic hydroxyl groups is 1. The van der Waals surface area contributed by atoms with E-state index in [2.05, 4.69) is 0 Å². The third-order valence-corrected chi connectivity index (χ3v) is 3.54. The third-order valence-electron chi connectivity index (χ3n) is 3.54. The maximum atomic E-state index is 10.8. The predicted octanol–water partition coefficient (Wildman–Crippen LogP) is 1.01. The molecule has 3 atom stereocenters. The van der Waals surface area contributed by atoms with Crippen LogP contribution in [-0.2, 0) is 4.79 Å². The standard InChI is InChI=1S/C9H14O3/c10-8(11)9(12)5-4-6-2-1-3-7(6)9/h6-7,12H,1-5H2,(H,10,11). The summed E-state index contributed by atoms with van der Waals surface area (Å²) in [5, 5.41) is 18.7. The summed E-state index contributed by atoms with van der Waals surface area (Å²) in [6.07, 6.45) is 4.45. The van der Waals surface area contributed by atoms with Gasteiger partial charge in [0.2, 0.25) is 0 Å². The Morgan fingerprint density at radius 2 is 2.08 bits per heavy atom. The fraction of sp³-hybridized carbons (Fsp3) is 0.889. The van der Waals surface area contributed by atoms with Crippen LogP contribution in [0, 0.1) is 11.8 Å². The Hall–Kier alpha value is -0.570. The highest BCUT2D eigenvalue weighted by molar-refractivity contribution is 5.78. The van der Waals surface area contributed by atoms with Crippen LogP contribution in [0.4, 0.5) is 0 Å². The summed E-state index contributed by atoms with van der Waals surface area (Å²) in [5.74, 6) is -0.502. The number of rotatable bonds is 1. The van der Waals surface area contributed by atoms with Gasteiger partial charge in [0.15, 0.2) is 5.60 Å². The smallest absolute Gasteiger partial charge is 0.335 e. The van der Waals surface area contributed by atoms with Crippen LogP contribution in [0.25, 0.3) is 0 Å². The molecule has 68 valence electrons. The van der Waals surface area contributed by atoms with Crippen LogP contribution >= 0.6 is 0 Å². The molecule has 2 fully saturated rings. The Morgan fingerprint density at radius 1 is 1.33 bits per heavy atom. The van der Waals surface area contributed by atoms with Gasteiger partial charge in [0.25, 0.3) is 0 Å².